The van der Waals surface area contributed by atoms with Crippen LogP contribution < -0.4 is 10.6 Å². The van der Waals surface area contributed by atoms with Gasteiger partial charge in [0.2, 0.25) is 5.89 Å². The highest BCUT2D eigenvalue weighted by atomic mass is 35.5. The maximum Gasteiger partial charge on any atom is 0.293 e. The van der Waals surface area contributed by atoms with Gasteiger partial charge >= 0.3 is 0 Å². The summed E-state index contributed by atoms with van der Waals surface area (Å²) >= 11 is 17.4. The number of oxazole rings is 1. The van der Waals surface area contributed by atoms with Gasteiger partial charge in [-0.3, -0.25) is 10.1 Å². The number of nitrogens with zero attached hydrogens (tertiary/aromatic N) is 1. The molecule has 2 heterocycles. The van der Waals surface area contributed by atoms with Crippen LogP contribution in [-0.2, 0) is 0 Å². The monoisotopic (exact) mass is 563 g/mol. The van der Waals surface area contributed by atoms with Crippen LogP contribution in [0.1, 0.15) is 42.3 Å². The van der Waals surface area contributed by atoms with Crippen molar-refractivity contribution in [3.8, 4) is 22.8 Å². The van der Waals surface area contributed by atoms with Gasteiger partial charge in [0.25, 0.3) is 5.91 Å². The molecule has 6 nitrogen and oxygen atoms in total. The normalized spacial score (nSPS) is 11.9. The molecule has 2 aromatic heterocycles. The molecule has 5 aromatic rings. The van der Waals surface area contributed by atoms with Crippen molar-refractivity contribution in [1.82, 2.24) is 10.3 Å². The summed E-state index contributed by atoms with van der Waals surface area (Å²) in [4.78, 5) is 17.3. The molecule has 1 atom stereocenters. The Bertz CT molecular complexity index is 1640. The van der Waals surface area contributed by atoms with Crippen LogP contribution in [0, 0.1) is 0 Å². The molecule has 0 spiro atoms. The van der Waals surface area contributed by atoms with E-state index in [9.17, 15) is 4.79 Å². The fraction of sp³-hybridized carbons (Fsp3) is 0.138. The number of thiocarbonyl (C=S) groups is 1. The Morgan fingerprint density at radius 2 is 1.71 bits per heavy atom. The van der Waals surface area contributed by atoms with E-state index in [1.165, 1.54) is 5.56 Å². The number of amides is 1. The number of anilines is 1. The summed E-state index contributed by atoms with van der Waals surface area (Å²) in [5.41, 5.74) is 5.06. The molecule has 0 saturated heterocycles. The van der Waals surface area contributed by atoms with Crippen LogP contribution in [0.15, 0.2) is 81.6 Å². The molecule has 0 aliphatic rings. The van der Waals surface area contributed by atoms with Gasteiger partial charge < -0.3 is 14.2 Å². The van der Waals surface area contributed by atoms with Gasteiger partial charge in [0.1, 0.15) is 11.3 Å². The number of nitrogens with one attached hydrogen (secondary N) is 2. The van der Waals surface area contributed by atoms with Crippen molar-refractivity contribution in [3.05, 3.63) is 94.2 Å². The van der Waals surface area contributed by atoms with Gasteiger partial charge in [-0.25, -0.2) is 4.98 Å². The second-order valence-corrected chi connectivity index (χ2v) is 10.1. The molecular formula is C29H23Cl2N3O3S. The Kier molecular flexibility index (Phi) is 7.51. The van der Waals surface area contributed by atoms with Crippen LogP contribution in [0.2, 0.25) is 10.0 Å². The summed E-state index contributed by atoms with van der Waals surface area (Å²) in [5, 5.41) is 6.59. The van der Waals surface area contributed by atoms with E-state index in [0.29, 0.717) is 38.9 Å². The fourth-order valence-electron chi connectivity index (χ4n) is 3.90. The van der Waals surface area contributed by atoms with Gasteiger partial charge in [-0.2, -0.15) is 0 Å². The molecule has 0 bridgehead atoms. The Morgan fingerprint density at radius 1 is 0.947 bits per heavy atom. The van der Waals surface area contributed by atoms with Crippen molar-refractivity contribution >= 4 is 63.2 Å². The van der Waals surface area contributed by atoms with E-state index in [-0.39, 0.29) is 10.9 Å². The highest BCUT2D eigenvalue weighted by Crippen LogP contribution is 2.30. The molecule has 2 N–H and O–H groups in total. The smallest absolute Gasteiger partial charge is 0.293 e. The molecule has 192 valence electrons. The maximum atomic E-state index is 12.6. The van der Waals surface area contributed by atoms with Crippen molar-refractivity contribution in [2.75, 3.05) is 5.32 Å². The van der Waals surface area contributed by atoms with Gasteiger partial charge in [-0.05, 0) is 96.9 Å². The average molecular weight is 564 g/mol. The molecule has 0 unspecified atom stereocenters. The first-order chi connectivity index (χ1) is 18.3. The largest absolute Gasteiger partial charge is 0.451 e. The molecule has 0 aliphatic carbocycles. The molecule has 3 aromatic carbocycles. The molecule has 9 heteroatoms. The lowest BCUT2D eigenvalue weighted by Crippen LogP contribution is -2.33. The molecule has 0 saturated carbocycles. The topological polar surface area (TPSA) is 80.3 Å². The molecular weight excluding hydrogens is 541 g/mol. The summed E-state index contributed by atoms with van der Waals surface area (Å²) in [6.07, 6.45) is 1.06. The summed E-state index contributed by atoms with van der Waals surface area (Å²) in [5.74, 6) is 1.12. The first-order valence-corrected chi connectivity index (χ1v) is 13.2. The van der Waals surface area contributed by atoms with Gasteiger partial charge in [0.05, 0.1) is 10.0 Å². The third-order valence-electron chi connectivity index (χ3n) is 6.24. The van der Waals surface area contributed by atoms with E-state index in [4.69, 9.17) is 44.3 Å². The fourth-order valence-corrected chi connectivity index (χ4v) is 4.41. The number of hydrogen-bond acceptors (Lipinski definition) is 5. The number of benzene rings is 3. The molecule has 5 rings (SSSR count). The number of furan rings is 1. The van der Waals surface area contributed by atoms with Crippen LogP contribution in [0.5, 0.6) is 0 Å². The zero-order valence-corrected chi connectivity index (χ0v) is 22.9. The standard InChI is InChI=1S/C29H23Cl2N3O3S/c1-3-16(2)18-7-11-25-23(15-18)33-28(37-25)17-4-8-20(9-5-17)32-29(38)34-27(35)26-13-12-24(36-26)19-6-10-21(30)22(31)14-19/h4-16H,3H2,1-2H3,(H2,32,34,35,38)/t16-/m1/s1. The van der Waals surface area contributed by atoms with E-state index in [0.717, 1.165) is 23.1 Å². The number of carbonyl (C=O) groups excluding carboxylic acids is 1. The lowest BCUT2D eigenvalue weighted by atomic mass is 9.98. The van der Waals surface area contributed by atoms with E-state index >= 15 is 0 Å². The minimum atomic E-state index is -0.478. The molecule has 0 fully saturated rings. The minimum absolute atomic E-state index is 0.109. The SMILES string of the molecule is CC[C@@H](C)c1ccc2oc(-c3ccc(NC(=S)NC(=O)c4ccc(-c5ccc(Cl)c(Cl)c5)o4)cc3)nc2c1. The maximum absolute atomic E-state index is 12.6. The number of carbonyl (C=O) groups is 1. The van der Waals surface area contributed by atoms with Crippen LogP contribution in [0.25, 0.3) is 33.9 Å². The second kappa shape index (κ2) is 11.0. The van der Waals surface area contributed by atoms with Crippen molar-refractivity contribution in [2.24, 2.45) is 0 Å². The second-order valence-electron chi connectivity index (χ2n) is 8.83. The van der Waals surface area contributed by atoms with E-state index in [2.05, 4.69) is 41.6 Å². The van der Waals surface area contributed by atoms with E-state index in [1.54, 1.807) is 30.3 Å². The van der Waals surface area contributed by atoms with E-state index < -0.39 is 5.91 Å². The lowest BCUT2D eigenvalue weighted by molar-refractivity contribution is 0.0951. The molecule has 1 amide bonds. The average Bonchev–Trinajstić information content (AvgIpc) is 3.57. The van der Waals surface area contributed by atoms with Gasteiger partial charge in [0.15, 0.2) is 16.5 Å². The third-order valence-corrected chi connectivity index (χ3v) is 7.19. The highest BCUT2D eigenvalue weighted by molar-refractivity contribution is 7.80. The number of aromatic nitrogens is 1. The van der Waals surface area contributed by atoms with Crippen LogP contribution in [-0.4, -0.2) is 16.0 Å². The van der Waals surface area contributed by atoms with Gasteiger partial charge in [-0.15, -0.1) is 0 Å². The van der Waals surface area contributed by atoms with Crippen molar-refractivity contribution in [2.45, 2.75) is 26.2 Å². The van der Waals surface area contributed by atoms with Crippen LogP contribution in [0.4, 0.5) is 5.69 Å². The Morgan fingerprint density at radius 3 is 2.45 bits per heavy atom. The molecule has 0 radical (unpaired) electrons. The van der Waals surface area contributed by atoms with Gasteiger partial charge in [0, 0.05) is 16.8 Å². The lowest BCUT2D eigenvalue weighted by Gasteiger charge is -2.09. The Hall–Kier alpha value is -3.65. The number of hydrogen-bond donors (Lipinski definition) is 2. The van der Waals surface area contributed by atoms with Crippen molar-refractivity contribution < 1.29 is 13.6 Å². The molecule has 38 heavy (non-hydrogen) atoms. The van der Waals surface area contributed by atoms with E-state index in [1.807, 2.05) is 30.3 Å². The minimum Gasteiger partial charge on any atom is -0.451 e. The Labute approximate surface area is 235 Å². The Balaban J connectivity index is 1.22. The quantitative estimate of drug-likeness (QED) is 0.201. The number of fused-ring (bicyclic) bond motifs is 1. The number of rotatable bonds is 6. The number of halogens is 2. The first kappa shape index (κ1) is 26.0. The van der Waals surface area contributed by atoms with Crippen LogP contribution in [0.3, 0.4) is 0 Å². The first-order valence-electron chi connectivity index (χ1n) is 12.0. The van der Waals surface area contributed by atoms with Crippen molar-refractivity contribution in [1.29, 1.82) is 0 Å². The summed E-state index contributed by atoms with van der Waals surface area (Å²) in [7, 11) is 0. The van der Waals surface area contributed by atoms with Gasteiger partial charge in [-0.1, -0.05) is 43.1 Å². The van der Waals surface area contributed by atoms with Crippen LogP contribution >= 0.6 is 35.4 Å². The summed E-state index contributed by atoms with van der Waals surface area (Å²) < 4.78 is 11.6. The summed E-state index contributed by atoms with van der Waals surface area (Å²) in [6.45, 7) is 4.37. The zero-order chi connectivity index (χ0) is 26.8. The predicted octanol–water partition coefficient (Wildman–Crippen LogP) is 8.70. The van der Waals surface area contributed by atoms with Crippen molar-refractivity contribution in [3.63, 3.8) is 0 Å². The predicted molar refractivity (Wildman–Crippen MR) is 156 cm³/mol. The highest BCUT2D eigenvalue weighted by Gasteiger charge is 2.15. The molecule has 0 aliphatic heterocycles. The third kappa shape index (κ3) is 5.60. The summed E-state index contributed by atoms with van der Waals surface area (Å²) in [6, 6.07) is 21.9. The zero-order valence-electron chi connectivity index (χ0n) is 20.5.